The zero-order chi connectivity index (χ0) is 17.3. The minimum absolute atomic E-state index is 0.761. The molecule has 0 radical (unpaired) electrons. The van der Waals surface area contributed by atoms with Crippen molar-refractivity contribution in [3.63, 3.8) is 0 Å². The molecule has 2 aliphatic carbocycles. The van der Waals surface area contributed by atoms with Gasteiger partial charge in [0.15, 0.2) is 0 Å². The fourth-order valence-corrected chi connectivity index (χ4v) is 5.60. The average molecular weight is 343 g/mol. The molecular formula is C26H30. The molecule has 0 heteroatoms. The first kappa shape index (κ1) is 16.4. The summed E-state index contributed by atoms with van der Waals surface area (Å²) in [5.74, 6) is 1.55. The van der Waals surface area contributed by atoms with Crippen LogP contribution in [0.5, 0.6) is 0 Å². The van der Waals surface area contributed by atoms with Crippen LogP contribution in [-0.2, 0) is 0 Å². The first-order valence-corrected chi connectivity index (χ1v) is 10.9. The molecular weight excluding hydrogens is 312 g/mol. The van der Waals surface area contributed by atoms with Gasteiger partial charge in [-0.05, 0) is 70.2 Å². The number of fused-ring (bicyclic) bond motifs is 3. The van der Waals surface area contributed by atoms with Crippen LogP contribution in [0.3, 0.4) is 0 Å². The minimum atomic E-state index is 0.761. The van der Waals surface area contributed by atoms with E-state index in [4.69, 9.17) is 0 Å². The molecule has 0 N–H and O–H groups in total. The van der Waals surface area contributed by atoms with Crippen LogP contribution in [0.1, 0.15) is 87.2 Å². The Morgan fingerprint density at radius 2 is 1.19 bits per heavy atom. The lowest BCUT2D eigenvalue weighted by molar-refractivity contribution is 0.444. The Morgan fingerprint density at radius 1 is 0.538 bits per heavy atom. The summed E-state index contributed by atoms with van der Waals surface area (Å²) >= 11 is 0. The highest BCUT2D eigenvalue weighted by Gasteiger charge is 2.20. The molecule has 0 heterocycles. The Bertz CT molecular complexity index is 908. The van der Waals surface area contributed by atoms with Crippen LogP contribution in [0.25, 0.3) is 21.5 Å². The maximum Gasteiger partial charge on any atom is -0.0103 e. The molecule has 134 valence electrons. The first-order chi connectivity index (χ1) is 12.9. The van der Waals surface area contributed by atoms with Crippen LogP contribution < -0.4 is 0 Å². The van der Waals surface area contributed by atoms with Crippen LogP contribution in [0.15, 0.2) is 48.5 Å². The summed E-state index contributed by atoms with van der Waals surface area (Å²) < 4.78 is 0. The van der Waals surface area contributed by atoms with Crippen molar-refractivity contribution in [3.05, 3.63) is 59.7 Å². The van der Waals surface area contributed by atoms with E-state index in [0.717, 1.165) is 11.8 Å². The van der Waals surface area contributed by atoms with E-state index in [1.165, 1.54) is 85.8 Å². The predicted molar refractivity (Wildman–Crippen MR) is 113 cm³/mol. The first-order valence-electron chi connectivity index (χ1n) is 10.9. The second-order valence-electron chi connectivity index (χ2n) is 8.66. The Balaban J connectivity index is 1.66. The Morgan fingerprint density at radius 3 is 1.92 bits per heavy atom. The maximum atomic E-state index is 2.56. The molecule has 3 aromatic carbocycles. The lowest BCUT2D eigenvalue weighted by atomic mass is 9.80. The zero-order valence-corrected chi connectivity index (χ0v) is 15.8. The average Bonchev–Trinajstić information content (AvgIpc) is 2.74. The normalized spacial score (nSPS) is 20.0. The van der Waals surface area contributed by atoms with Crippen molar-refractivity contribution in [2.75, 3.05) is 0 Å². The molecule has 0 aliphatic heterocycles. The van der Waals surface area contributed by atoms with Gasteiger partial charge in [0.2, 0.25) is 0 Å². The van der Waals surface area contributed by atoms with Crippen molar-refractivity contribution in [2.24, 2.45) is 0 Å². The van der Waals surface area contributed by atoms with Crippen LogP contribution in [0, 0.1) is 0 Å². The van der Waals surface area contributed by atoms with Gasteiger partial charge < -0.3 is 0 Å². The monoisotopic (exact) mass is 342 g/mol. The summed E-state index contributed by atoms with van der Waals surface area (Å²) in [6, 6.07) is 19.0. The van der Waals surface area contributed by atoms with Gasteiger partial charge in [0.05, 0.1) is 0 Å². The van der Waals surface area contributed by atoms with Gasteiger partial charge in [-0.25, -0.2) is 0 Å². The fraction of sp³-hybridized carbons (Fsp3) is 0.462. The molecule has 0 bridgehead atoms. The second-order valence-corrected chi connectivity index (χ2v) is 8.66. The van der Waals surface area contributed by atoms with Gasteiger partial charge in [-0.2, -0.15) is 0 Å². The van der Waals surface area contributed by atoms with Gasteiger partial charge in [-0.3, -0.25) is 0 Å². The SMILES string of the molecule is c1ccc2c(c1)c(C1CCCCC1)cc1cc(C3CCCCC3)ccc12. The topological polar surface area (TPSA) is 0 Å². The highest BCUT2D eigenvalue weighted by Crippen LogP contribution is 2.41. The van der Waals surface area contributed by atoms with Crippen LogP contribution in [-0.4, -0.2) is 0 Å². The third-order valence-corrected chi connectivity index (χ3v) is 7.04. The number of hydrogen-bond donors (Lipinski definition) is 0. The van der Waals surface area contributed by atoms with E-state index in [1.54, 1.807) is 11.1 Å². The van der Waals surface area contributed by atoms with Crippen molar-refractivity contribution >= 4 is 21.5 Å². The minimum Gasteiger partial charge on any atom is -0.0616 e. The third kappa shape index (κ3) is 2.94. The fourth-order valence-electron chi connectivity index (χ4n) is 5.60. The molecule has 2 saturated carbocycles. The van der Waals surface area contributed by atoms with Gasteiger partial charge in [-0.1, -0.05) is 87.1 Å². The largest absolute Gasteiger partial charge is 0.0616 e. The number of benzene rings is 3. The summed E-state index contributed by atoms with van der Waals surface area (Å²) in [7, 11) is 0. The molecule has 0 saturated heterocycles. The molecule has 0 unspecified atom stereocenters. The summed E-state index contributed by atoms with van der Waals surface area (Å²) in [6.07, 6.45) is 14.0. The van der Waals surface area contributed by atoms with Crippen LogP contribution in [0.4, 0.5) is 0 Å². The van der Waals surface area contributed by atoms with Crippen LogP contribution >= 0.6 is 0 Å². The van der Waals surface area contributed by atoms with E-state index in [0.29, 0.717) is 0 Å². The van der Waals surface area contributed by atoms with Gasteiger partial charge in [0.1, 0.15) is 0 Å². The predicted octanol–water partition coefficient (Wildman–Crippen LogP) is 8.09. The van der Waals surface area contributed by atoms with Gasteiger partial charge in [-0.15, -0.1) is 0 Å². The molecule has 3 aromatic rings. The Labute approximate surface area is 157 Å². The molecule has 0 aromatic heterocycles. The molecule has 5 rings (SSSR count). The third-order valence-electron chi connectivity index (χ3n) is 7.04. The smallest absolute Gasteiger partial charge is 0.0103 e. The van der Waals surface area contributed by atoms with Crippen molar-refractivity contribution in [2.45, 2.75) is 76.0 Å². The summed E-state index contributed by atoms with van der Waals surface area (Å²) in [5, 5.41) is 5.88. The van der Waals surface area contributed by atoms with E-state index >= 15 is 0 Å². The van der Waals surface area contributed by atoms with E-state index < -0.39 is 0 Å². The number of rotatable bonds is 2. The highest BCUT2D eigenvalue weighted by molar-refractivity contribution is 6.09. The lowest BCUT2D eigenvalue weighted by Crippen LogP contribution is -2.06. The number of hydrogen-bond acceptors (Lipinski definition) is 0. The summed E-state index contributed by atoms with van der Waals surface area (Å²) in [6.45, 7) is 0. The van der Waals surface area contributed by atoms with E-state index in [9.17, 15) is 0 Å². The van der Waals surface area contributed by atoms with Crippen molar-refractivity contribution in [1.29, 1.82) is 0 Å². The molecule has 0 spiro atoms. The van der Waals surface area contributed by atoms with E-state index in [2.05, 4.69) is 48.5 Å². The summed E-state index contributed by atoms with van der Waals surface area (Å²) in [4.78, 5) is 0. The van der Waals surface area contributed by atoms with Crippen LogP contribution in [0.2, 0.25) is 0 Å². The molecule has 0 amide bonds. The molecule has 0 nitrogen and oxygen atoms in total. The molecule has 26 heavy (non-hydrogen) atoms. The Kier molecular flexibility index (Phi) is 4.44. The molecule has 2 aliphatic rings. The van der Waals surface area contributed by atoms with Gasteiger partial charge in [0.25, 0.3) is 0 Å². The highest BCUT2D eigenvalue weighted by atomic mass is 14.2. The van der Waals surface area contributed by atoms with Gasteiger partial charge in [0, 0.05) is 0 Å². The summed E-state index contributed by atoms with van der Waals surface area (Å²) in [5.41, 5.74) is 3.20. The van der Waals surface area contributed by atoms with E-state index in [1.807, 2.05) is 0 Å². The molecule has 0 atom stereocenters. The van der Waals surface area contributed by atoms with Gasteiger partial charge >= 0.3 is 0 Å². The maximum absolute atomic E-state index is 2.56. The standard InChI is InChI=1S/C26H30/c1-3-9-19(10-4-1)21-15-16-23-22(17-21)18-26(20-11-5-2-6-12-20)25-14-8-7-13-24(23)25/h7-8,13-20H,1-6,9-12H2. The quantitative estimate of drug-likeness (QED) is 0.413. The lowest BCUT2D eigenvalue weighted by Gasteiger charge is -2.25. The van der Waals surface area contributed by atoms with Crippen molar-refractivity contribution < 1.29 is 0 Å². The van der Waals surface area contributed by atoms with Crippen molar-refractivity contribution in [3.8, 4) is 0 Å². The Hall–Kier alpha value is -1.82. The second kappa shape index (κ2) is 7.06. The van der Waals surface area contributed by atoms with Crippen molar-refractivity contribution in [1.82, 2.24) is 0 Å². The molecule has 2 fully saturated rings. The van der Waals surface area contributed by atoms with E-state index in [-0.39, 0.29) is 0 Å². The zero-order valence-electron chi connectivity index (χ0n) is 15.8.